The van der Waals surface area contributed by atoms with Gasteiger partial charge < -0.3 is 24.4 Å². The Morgan fingerprint density at radius 1 is 0.797 bits per heavy atom. The molecule has 1 aliphatic heterocycles. The Hall–Kier alpha value is -5.54. The van der Waals surface area contributed by atoms with Crippen LogP contribution in [-0.4, -0.2) is 99.0 Å². The van der Waals surface area contributed by atoms with Crippen molar-refractivity contribution in [2.24, 2.45) is 17.8 Å². The number of amides is 2. The first-order chi connectivity index (χ1) is 30.7. The minimum Gasteiger partial charge on any atom is -0.379 e. The monoisotopic (exact) mass is 881 g/mol. The molecule has 1 N–H and O–H groups in total. The molecule has 1 fully saturated rings. The summed E-state index contributed by atoms with van der Waals surface area (Å²) in [5.41, 5.74) is 6.10. The predicted octanol–water partition coefficient (Wildman–Crippen LogP) is 7.86. The zero-order valence-corrected chi connectivity index (χ0v) is 35.8. The molecule has 3 aromatic carbocycles. The molecule has 3 aromatic rings. The number of nitrogens with zero attached hydrogens (tertiary/aromatic N) is 1. The van der Waals surface area contributed by atoms with Crippen molar-refractivity contribution >= 4 is 47.2 Å². The van der Waals surface area contributed by atoms with E-state index in [9.17, 15) is 37.1 Å². The van der Waals surface area contributed by atoms with Crippen molar-refractivity contribution in [3.8, 4) is 0 Å². The van der Waals surface area contributed by atoms with Crippen molar-refractivity contribution in [1.29, 1.82) is 5.41 Å². The van der Waals surface area contributed by atoms with E-state index in [2.05, 4.69) is 25.8 Å². The number of hydrogen-bond donors (Lipinski definition) is 1. The van der Waals surface area contributed by atoms with Gasteiger partial charge in [-0.05, 0) is 95.7 Å². The molecule has 0 aromatic heterocycles. The highest BCUT2D eigenvalue weighted by Gasteiger charge is 2.46. The van der Waals surface area contributed by atoms with Gasteiger partial charge in [0.25, 0.3) is 0 Å². The molecule has 64 heavy (non-hydrogen) atoms. The first-order valence-corrected chi connectivity index (χ1v) is 21.8. The van der Waals surface area contributed by atoms with E-state index < -0.39 is 29.5 Å². The van der Waals surface area contributed by atoms with Gasteiger partial charge in [-0.25, -0.2) is 9.59 Å². The number of nitrogens with one attached hydrogen (secondary N) is 1. The molecule has 7 rings (SSSR count). The number of carbonyl (C=O) groups is 5. The summed E-state index contributed by atoms with van der Waals surface area (Å²) in [5.74, 6) is -3.20. The summed E-state index contributed by atoms with van der Waals surface area (Å²) >= 11 is 0. The van der Waals surface area contributed by atoms with E-state index in [-0.39, 0.29) is 66.7 Å². The number of piperidine rings is 1. The first-order valence-electron chi connectivity index (χ1n) is 21.8. The molecule has 1 saturated heterocycles. The minimum atomic E-state index is -4.40. The summed E-state index contributed by atoms with van der Waals surface area (Å²) < 4.78 is 62.9. The second-order valence-corrected chi connectivity index (χ2v) is 16.7. The second-order valence-electron chi connectivity index (χ2n) is 16.7. The van der Waals surface area contributed by atoms with Crippen LogP contribution in [0.2, 0.25) is 0 Å². The maximum absolute atomic E-state index is 13.3. The molecule has 0 spiro atoms. The lowest BCUT2D eigenvalue weighted by atomic mass is 9.74. The molecule has 4 atom stereocenters. The van der Waals surface area contributed by atoms with E-state index >= 15 is 0 Å². The molecule has 4 unspecified atom stereocenters. The van der Waals surface area contributed by atoms with Gasteiger partial charge in [-0.3, -0.25) is 14.4 Å². The van der Waals surface area contributed by atoms with Crippen LogP contribution >= 0.6 is 0 Å². The number of halogens is 3. The number of alkyl halides is 3. The molecular weight excluding hydrogens is 830 g/mol. The zero-order chi connectivity index (χ0) is 45.5. The van der Waals surface area contributed by atoms with E-state index in [0.29, 0.717) is 88.6 Å². The van der Waals surface area contributed by atoms with Crippen LogP contribution in [0.1, 0.15) is 104 Å². The highest BCUT2D eigenvalue weighted by atomic mass is 19.4. The Bertz CT molecular complexity index is 2400. The lowest BCUT2D eigenvalue weighted by Crippen LogP contribution is -2.39. The number of ether oxygens (including phenoxy) is 4. The number of fused-ring (bicyclic) bond motifs is 4. The molecule has 0 bridgehead atoms. The van der Waals surface area contributed by atoms with Crippen LogP contribution in [0.4, 0.5) is 13.2 Å². The van der Waals surface area contributed by atoms with E-state index in [0.717, 1.165) is 50.1 Å². The normalized spacial score (nSPS) is 20.5. The van der Waals surface area contributed by atoms with Crippen molar-refractivity contribution in [2.45, 2.75) is 64.0 Å². The smallest absolute Gasteiger partial charge is 0.379 e. The summed E-state index contributed by atoms with van der Waals surface area (Å²) in [6.07, 6.45) is 2.50. The largest absolute Gasteiger partial charge is 0.416 e. The quantitative estimate of drug-likeness (QED) is 0.0282. The lowest BCUT2D eigenvalue weighted by Gasteiger charge is -2.29. The Kier molecular flexibility index (Phi) is 14.9. The van der Waals surface area contributed by atoms with Crippen LogP contribution in [0.25, 0.3) is 5.57 Å². The Labute approximate surface area is 369 Å². The topological polar surface area (TPSA) is 149 Å². The van der Waals surface area contributed by atoms with Crippen molar-refractivity contribution in [1.82, 2.24) is 0 Å². The van der Waals surface area contributed by atoms with Crippen LogP contribution in [0.5, 0.6) is 0 Å². The van der Waals surface area contributed by atoms with Gasteiger partial charge in [0, 0.05) is 35.6 Å². The Morgan fingerprint density at radius 3 is 2.14 bits per heavy atom. The number of aryl methyl sites for hydroxylation is 1. The van der Waals surface area contributed by atoms with Gasteiger partial charge >= 0.3 is 18.0 Å². The van der Waals surface area contributed by atoms with Crippen LogP contribution in [0.15, 0.2) is 78.4 Å². The van der Waals surface area contributed by atoms with Crippen LogP contribution in [0.3, 0.4) is 0 Å². The lowest BCUT2D eigenvalue weighted by molar-refractivity contribution is -0.387. The molecule has 336 valence electrons. The van der Waals surface area contributed by atoms with Gasteiger partial charge in [0.1, 0.15) is 6.72 Å². The molecule has 2 amide bonds. The third-order valence-corrected chi connectivity index (χ3v) is 12.3. The maximum Gasteiger partial charge on any atom is 0.416 e. The van der Waals surface area contributed by atoms with Gasteiger partial charge in [-0.15, -0.1) is 4.58 Å². The molecule has 1 heterocycles. The maximum atomic E-state index is 13.3. The third-order valence-electron chi connectivity index (χ3n) is 12.3. The highest BCUT2D eigenvalue weighted by Crippen LogP contribution is 2.48. The number of allylic oxidation sites excluding steroid dienone is 4. The van der Waals surface area contributed by atoms with Gasteiger partial charge in [-0.2, -0.15) is 13.2 Å². The van der Waals surface area contributed by atoms with Crippen LogP contribution in [-0.2, 0) is 47.6 Å². The predicted molar refractivity (Wildman–Crippen MR) is 231 cm³/mol. The van der Waals surface area contributed by atoms with Gasteiger partial charge in [-0.1, -0.05) is 55.5 Å². The van der Waals surface area contributed by atoms with Crippen molar-refractivity contribution in [3.63, 3.8) is 0 Å². The third kappa shape index (κ3) is 10.7. The molecule has 14 heteroatoms. The Morgan fingerprint density at radius 2 is 1.45 bits per heavy atom. The zero-order valence-electron chi connectivity index (χ0n) is 35.8. The molecule has 4 aliphatic rings. The van der Waals surface area contributed by atoms with Crippen molar-refractivity contribution in [2.75, 3.05) is 52.9 Å². The molecule has 0 radical (unpaired) electrons. The fourth-order valence-corrected chi connectivity index (χ4v) is 8.89. The molecular formula is C50H52F3N2O9+. The summed E-state index contributed by atoms with van der Waals surface area (Å²) in [5, 5.41) is 8.42. The van der Waals surface area contributed by atoms with Gasteiger partial charge in [0.15, 0.2) is 11.6 Å². The minimum absolute atomic E-state index is 0.0656. The first kappa shape index (κ1) is 46.5. The van der Waals surface area contributed by atoms with E-state index in [4.69, 9.17) is 24.4 Å². The SMILES string of the molecule is C=[N+]1C(=O)CCC(CC2C(=O)c3ccc(CCCOCCOCCOCCOCCC(=N)C(=O)c4ccc5c(c4)C4=CC(C)C=C4C(c4ccc(C(F)(F)F)cc4)C5)cc3C2=O)C1=O. The number of rotatable bonds is 21. The number of carbonyl (C=O) groups excluding carboxylic acids is 5. The van der Waals surface area contributed by atoms with Crippen LogP contribution in [0, 0.1) is 23.2 Å². The number of Topliss-reactive ketones (excluding diaryl/α,β-unsaturated/α-hetero) is 3. The second kappa shape index (κ2) is 20.5. The fraction of sp³-hybridized carbons (Fsp3) is 0.420. The summed E-state index contributed by atoms with van der Waals surface area (Å²) in [6, 6.07) is 16.1. The number of imide groups is 1. The Balaban J connectivity index is 0.728. The van der Waals surface area contributed by atoms with Crippen molar-refractivity contribution < 1.29 is 60.7 Å². The summed E-state index contributed by atoms with van der Waals surface area (Å²) in [7, 11) is 0. The molecule has 11 nitrogen and oxygen atoms in total. The van der Waals surface area contributed by atoms with Gasteiger partial charge in [0.2, 0.25) is 5.78 Å². The molecule has 3 aliphatic carbocycles. The summed E-state index contributed by atoms with van der Waals surface area (Å²) in [6.45, 7) is 8.35. The average molecular weight is 882 g/mol. The number of ketones is 3. The molecule has 0 saturated carbocycles. The standard InChI is InChI=1S/C50H52F3N2O9/c1-30-24-40-38(32-8-11-36(12-9-32)50(51,52)53)27-33-6-7-34(28-39(33)41(40)25-30)46(57)44(54)15-17-62-19-21-64-23-22-63-20-18-61-16-3-4-31-5-13-37-42(26-31)48(59)43(47(37)58)29-35-10-14-45(56)55(2)49(35)60/h5-9,11-13,24-26,28,30,35,38,43,54H,2-4,10,14-23,27,29H2,1H3/q+1. The highest BCUT2D eigenvalue weighted by molar-refractivity contribution is 6.45. The summed E-state index contributed by atoms with van der Waals surface area (Å²) in [4.78, 5) is 63.7. The van der Waals surface area contributed by atoms with E-state index in [1.807, 2.05) is 18.2 Å². The average Bonchev–Trinajstić information content (AvgIpc) is 3.79. The number of hydrogen-bond acceptors (Lipinski definition) is 10. The van der Waals surface area contributed by atoms with Crippen molar-refractivity contribution in [3.05, 3.63) is 123 Å². The van der Waals surface area contributed by atoms with E-state index in [1.165, 1.54) is 0 Å². The van der Waals surface area contributed by atoms with Gasteiger partial charge in [0.05, 0.1) is 75.8 Å². The van der Waals surface area contributed by atoms with Crippen LogP contribution < -0.4 is 0 Å². The van der Waals surface area contributed by atoms with E-state index in [1.54, 1.807) is 30.3 Å². The number of benzene rings is 3. The fourth-order valence-electron chi connectivity index (χ4n) is 8.89.